The van der Waals surface area contributed by atoms with E-state index >= 15 is 0 Å². The number of benzene rings is 2. The van der Waals surface area contributed by atoms with Crippen molar-refractivity contribution in [2.24, 2.45) is 0 Å². The van der Waals surface area contributed by atoms with E-state index in [4.69, 9.17) is 21.1 Å². The van der Waals surface area contributed by atoms with Crippen LogP contribution >= 0.6 is 11.6 Å². The standard InChI is InChI=1S/C19H20ClN3O4/c1-26-15-7-8-16(17(10-15)27-2)22-19(25)21-13-9-18(24)23(11-13)14-5-3-12(20)4-6-14/h3-8,10,13H,9,11H2,1-2H3,(H2,21,22,25)/t13-/m1/s1. The van der Waals surface area contributed by atoms with Crippen LogP contribution in [0.5, 0.6) is 11.5 Å². The third-order valence-electron chi connectivity index (χ3n) is 4.26. The lowest BCUT2D eigenvalue weighted by molar-refractivity contribution is -0.117. The summed E-state index contributed by atoms with van der Waals surface area (Å²) in [5.74, 6) is 1.05. The lowest BCUT2D eigenvalue weighted by Gasteiger charge is -2.18. The minimum absolute atomic E-state index is 0.0512. The van der Waals surface area contributed by atoms with E-state index in [9.17, 15) is 9.59 Å². The van der Waals surface area contributed by atoms with Gasteiger partial charge in [-0.1, -0.05) is 11.6 Å². The average Bonchev–Trinajstić information content (AvgIpc) is 3.02. The minimum Gasteiger partial charge on any atom is -0.497 e. The van der Waals surface area contributed by atoms with Gasteiger partial charge in [-0.3, -0.25) is 4.79 Å². The molecule has 0 spiro atoms. The molecule has 1 aliphatic rings. The van der Waals surface area contributed by atoms with Crippen LogP contribution in [0.3, 0.4) is 0 Å². The zero-order valence-electron chi connectivity index (χ0n) is 15.0. The number of urea groups is 1. The molecule has 142 valence electrons. The fraction of sp³-hybridized carbons (Fsp3) is 0.263. The maximum Gasteiger partial charge on any atom is 0.319 e. The summed E-state index contributed by atoms with van der Waals surface area (Å²) >= 11 is 5.89. The van der Waals surface area contributed by atoms with Crippen molar-refractivity contribution >= 4 is 34.9 Å². The molecule has 2 aromatic carbocycles. The largest absolute Gasteiger partial charge is 0.497 e. The average molecular weight is 390 g/mol. The highest BCUT2D eigenvalue weighted by molar-refractivity contribution is 6.30. The summed E-state index contributed by atoms with van der Waals surface area (Å²) in [6.07, 6.45) is 0.232. The van der Waals surface area contributed by atoms with Gasteiger partial charge in [0.05, 0.1) is 25.9 Å². The van der Waals surface area contributed by atoms with Gasteiger partial charge in [-0.25, -0.2) is 4.79 Å². The Morgan fingerprint density at radius 1 is 1.15 bits per heavy atom. The molecule has 7 nitrogen and oxygen atoms in total. The third kappa shape index (κ3) is 4.43. The molecule has 1 aliphatic heterocycles. The first kappa shape index (κ1) is 18.8. The van der Waals surface area contributed by atoms with Crippen LogP contribution in [0.4, 0.5) is 16.2 Å². The molecule has 0 radical (unpaired) electrons. The molecule has 1 fully saturated rings. The summed E-state index contributed by atoms with van der Waals surface area (Å²) in [5, 5.41) is 6.17. The molecule has 0 bridgehead atoms. The van der Waals surface area contributed by atoms with Gasteiger partial charge in [0.1, 0.15) is 11.5 Å². The summed E-state index contributed by atoms with van der Waals surface area (Å²) in [4.78, 5) is 26.2. The van der Waals surface area contributed by atoms with Gasteiger partial charge in [0.15, 0.2) is 0 Å². The Hall–Kier alpha value is -2.93. The van der Waals surface area contributed by atoms with Crippen LogP contribution in [0, 0.1) is 0 Å². The molecule has 0 unspecified atom stereocenters. The Morgan fingerprint density at radius 2 is 1.89 bits per heavy atom. The second kappa shape index (κ2) is 8.18. The molecule has 1 saturated heterocycles. The van der Waals surface area contributed by atoms with Crippen LogP contribution in [0.2, 0.25) is 5.02 Å². The predicted octanol–water partition coefficient (Wildman–Crippen LogP) is 3.28. The molecule has 1 atom stereocenters. The number of amides is 3. The summed E-state index contributed by atoms with van der Waals surface area (Å²) in [7, 11) is 3.07. The summed E-state index contributed by atoms with van der Waals surface area (Å²) in [6.45, 7) is 0.396. The number of rotatable bonds is 5. The zero-order valence-corrected chi connectivity index (χ0v) is 15.7. The Labute approximate surface area is 162 Å². The van der Waals surface area contributed by atoms with Crippen LogP contribution < -0.4 is 25.0 Å². The van der Waals surface area contributed by atoms with Gasteiger partial charge in [-0.2, -0.15) is 0 Å². The first-order chi connectivity index (χ1) is 13.0. The Morgan fingerprint density at radius 3 is 2.56 bits per heavy atom. The van der Waals surface area contributed by atoms with Crippen LogP contribution in [0.1, 0.15) is 6.42 Å². The van der Waals surface area contributed by atoms with Crippen LogP contribution in [-0.2, 0) is 4.79 Å². The fourth-order valence-electron chi connectivity index (χ4n) is 2.92. The monoisotopic (exact) mass is 389 g/mol. The van der Waals surface area contributed by atoms with E-state index in [0.29, 0.717) is 28.8 Å². The highest BCUT2D eigenvalue weighted by atomic mass is 35.5. The van der Waals surface area contributed by atoms with Gasteiger partial charge in [0.2, 0.25) is 5.91 Å². The molecule has 3 rings (SSSR count). The Balaban J connectivity index is 1.62. The molecule has 0 saturated carbocycles. The molecule has 8 heteroatoms. The van der Waals surface area contributed by atoms with E-state index in [0.717, 1.165) is 5.69 Å². The zero-order chi connectivity index (χ0) is 19.4. The predicted molar refractivity (Wildman–Crippen MR) is 104 cm³/mol. The smallest absolute Gasteiger partial charge is 0.319 e. The molecule has 2 aromatic rings. The molecular formula is C19H20ClN3O4. The van der Waals surface area contributed by atoms with Gasteiger partial charge in [-0.15, -0.1) is 0 Å². The maximum absolute atomic E-state index is 12.3. The van der Waals surface area contributed by atoms with Crippen molar-refractivity contribution < 1.29 is 19.1 Å². The van der Waals surface area contributed by atoms with Crippen molar-refractivity contribution in [3.63, 3.8) is 0 Å². The van der Waals surface area contributed by atoms with E-state index in [2.05, 4.69) is 10.6 Å². The van der Waals surface area contributed by atoms with Crippen molar-refractivity contribution in [2.75, 3.05) is 31.0 Å². The van der Waals surface area contributed by atoms with E-state index in [1.807, 2.05) is 0 Å². The number of nitrogens with zero attached hydrogens (tertiary/aromatic N) is 1. The van der Waals surface area contributed by atoms with E-state index < -0.39 is 6.03 Å². The Bertz CT molecular complexity index is 841. The second-order valence-electron chi connectivity index (χ2n) is 6.05. The van der Waals surface area contributed by atoms with Gasteiger partial charge in [-0.05, 0) is 36.4 Å². The van der Waals surface area contributed by atoms with Crippen LogP contribution in [-0.4, -0.2) is 38.7 Å². The number of nitrogens with one attached hydrogen (secondary N) is 2. The number of anilines is 2. The number of carbonyl (C=O) groups excluding carboxylic acids is 2. The molecule has 3 amide bonds. The minimum atomic E-state index is -0.408. The number of ether oxygens (including phenoxy) is 2. The number of methoxy groups -OCH3 is 2. The molecule has 1 heterocycles. The van der Waals surface area contributed by atoms with Gasteiger partial charge >= 0.3 is 6.03 Å². The number of halogens is 1. The first-order valence-electron chi connectivity index (χ1n) is 8.35. The summed E-state index contributed by atoms with van der Waals surface area (Å²) < 4.78 is 10.4. The van der Waals surface area contributed by atoms with Gasteiger partial charge < -0.3 is 25.0 Å². The van der Waals surface area contributed by atoms with E-state index in [1.54, 1.807) is 54.5 Å². The summed E-state index contributed by atoms with van der Waals surface area (Å²) in [6, 6.07) is 11.4. The van der Waals surface area contributed by atoms with Crippen molar-refractivity contribution in [2.45, 2.75) is 12.5 Å². The Kier molecular flexibility index (Phi) is 5.71. The molecule has 0 aliphatic carbocycles. The maximum atomic E-state index is 12.3. The molecule has 0 aromatic heterocycles. The molecule has 27 heavy (non-hydrogen) atoms. The molecule has 2 N–H and O–H groups in total. The molecular weight excluding hydrogens is 370 g/mol. The van der Waals surface area contributed by atoms with Gasteiger partial charge in [0.25, 0.3) is 0 Å². The third-order valence-corrected chi connectivity index (χ3v) is 4.51. The number of hydrogen-bond acceptors (Lipinski definition) is 4. The number of hydrogen-bond donors (Lipinski definition) is 2. The topological polar surface area (TPSA) is 79.9 Å². The summed E-state index contributed by atoms with van der Waals surface area (Å²) in [5.41, 5.74) is 1.26. The highest BCUT2D eigenvalue weighted by Gasteiger charge is 2.31. The lowest BCUT2D eigenvalue weighted by atomic mass is 10.2. The fourth-order valence-corrected chi connectivity index (χ4v) is 3.05. The number of carbonyl (C=O) groups is 2. The van der Waals surface area contributed by atoms with E-state index in [1.165, 1.54) is 7.11 Å². The van der Waals surface area contributed by atoms with E-state index in [-0.39, 0.29) is 18.4 Å². The van der Waals surface area contributed by atoms with Gasteiger partial charge in [0, 0.05) is 29.7 Å². The second-order valence-corrected chi connectivity index (χ2v) is 6.48. The quantitative estimate of drug-likeness (QED) is 0.822. The highest BCUT2D eigenvalue weighted by Crippen LogP contribution is 2.29. The lowest BCUT2D eigenvalue weighted by Crippen LogP contribution is -2.39. The van der Waals surface area contributed by atoms with Crippen molar-refractivity contribution in [3.05, 3.63) is 47.5 Å². The van der Waals surface area contributed by atoms with Crippen molar-refractivity contribution in [1.82, 2.24) is 5.32 Å². The SMILES string of the molecule is COc1ccc(NC(=O)N[C@@H]2CC(=O)N(c3ccc(Cl)cc3)C2)c(OC)c1. The normalized spacial score (nSPS) is 16.2. The van der Waals surface area contributed by atoms with Crippen LogP contribution in [0.15, 0.2) is 42.5 Å². The van der Waals surface area contributed by atoms with Crippen molar-refractivity contribution in [3.8, 4) is 11.5 Å². The van der Waals surface area contributed by atoms with Crippen molar-refractivity contribution in [1.29, 1.82) is 0 Å². The first-order valence-corrected chi connectivity index (χ1v) is 8.73. The van der Waals surface area contributed by atoms with Crippen LogP contribution in [0.25, 0.3) is 0 Å².